The lowest BCUT2D eigenvalue weighted by atomic mass is 9.87. The van der Waals surface area contributed by atoms with Gasteiger partial charge in [-0.15, -0.1) is 0 Å². The molecular weight excluding hydrogens is 494 g/mol. The van der Waals surface area contributed by atoms with Gasteiger partial charge in [-0.25, -0.2) is 4.79 Å². The van der Waals surface area contributed by atoms with Crippen molar-refractivity contribution in [3.8, 4) is 0 Å². The van der Waals surface area contributed by atoms with Crippen molar-refractivity contribution in [3.63, 3.8) is 0 Å². The van der Waals surface area contributed by atoms with Crippen molar-refractivity contribution < 1.29 is 28.5 Å². The van der Waals surface area contributed by atoms with Crippen molar-refractivity contribution in [3.05, 3.63) is 71.3 Å². The number of methoxy groups -OCH3 is 1. The van der Waals surface area contributed by atoms with Gasteiger partial charge >= 0.3 is 12.1 Å². The highest BCUT2D eigenvalue weighted by atomic mass is 16.7. The fourth-order valence-corrected chi connectivity index (χ4v) is 4.40. The molecule has 2 rings (SSSR count). The van der Waals surface area contributed by atoms with Crippen LogP contribution in [0.5, 0.6) is 0 Å². The molecule has 7 heteroatoms. The molecule has 1 unspecified atom stereocenters. The summed E-state index contributed by atoms with van der Waals surface area (Å²) in [7, 11) is 1.55. The van der Waals surface area contributed by atoms with E-state index in [-0.39, 0.29) is 25.8 Å². The van der Waals surface area contributed by atoms with Crippen LogP contribution >= 0.6 is 0 Å². The maximum absolute atomic E-state index is 12.8. The van der Waals surface area contributed by atoms with Crippen LogP contribution in [0.15, 0.2) is 54.6 Å². The van der Waals surface area contributed by atoms with Crippen LogP contribution < -0.4 is 5.32 Å². The van der Waals surface area contributed by atoms with Crippen LogP contribution in [0, 0.1) is 0 Å². The highest BCUT2D eigenvalue weighted by molar-refractivity contribution is 5.71. The second-order valence-electron chi connectivity index (χ2n) is 11.0. The number of hydrogen-bond acceptors (Lipinski definition) is 6. The molecule has 0 fully saturated rings. The maximum atomic E-state index is 12.8. The second-order valence-corrected chi connectivity index (χ2v) is 11.0. The molecule has 0 bridgehead atoms. The standard InChI is InChI=1S/C32H47NO6/c1-6-38-29(34)21-23-32(24-37-25-36-5,33-30(35)39-31(2,3)4)22-20-28-18-16-27(17-19-28)15-11-10-14-26-12-8-7-9-13-26/h7-9,12-13,16-19H,6,10-11,14-15,20-25H2,1-5H3,(H,33,35). The molecule has 1 atom stereocenters. The van der Waals surface area contributed by atoms with Crippen LogP contribution in [0.4, 0.5) is 4.79 Å². The second kappa shape index (κ2) is 16.9. The molecule has 0 saturated heterocycles. The average molecular weight is 542 g/mol. The summed E-state index contributed by atoms with van der Waals surface area (Å²) in [5.74, 6) is -0.309. The smallest absolute Gasteiger partial charge is 0.408 e. The van der Waals surface area contributed by atoms with Crippen LogP contribution in [0.2, 0.25) is 0 Å². The molecule has 0 saturated carbocycles. The zero-order chi connectivity index (χ0) is 28.6. The fraction of sp³-hybridized carbons (Fsp3) is 0.562. The number of alkyl carbamates (subject to hydrolysis) is 1. The summed E-state index contributed by atoms with van der Waals surface area (Å²) in [4.78, 5) is 25.0. The van der Waals surface area contributed by atoms with Gasteiger partial charge in [0.25, 0.3) is 0 Å². The summed E-state index contributed by atoms with van der Waals surface area (Å²) in [5.41, 5.74) is 2.37. The highest BCUT2D eigenvalue weighted by Crippen LogP contribution is 2.24. The van der Waals surface area contributed by atoms with Crippen LogP contribution in [0.3, 0.4) is 0 Å². The number of carbonyl (C=O) groups excluding carboxylic acids is 2. The summed E-state index contributed by atoms with van der Waals surface area (Å²) in [6.07, 6.45) is 5.67. The third kappa shape index (κ3) is 13.6. The number of nitrogens with one attached hydrogen (secondary N) is 1. The minimum atomic E-state index is -0.830. The summed E-state index contributed by atoms with van der Waals surface area (Å²) in [6.45, 7) is 7.80. The van der Waals surface area contributed by atoms with E-state index in [4.69, 9.17) is 18.9 Å². The lowest BCUT2D eigenvalue weighted by Crippen LogP contribution is -2.54. The van der Waals surface area contributed by atoms with Crippen LogP contribution in [0.25, 0.3) is 0 Å². The Kier molecular flexibility index (Phi) is 14.0. The molecule has 0 radical (unpaired) electrons. The molecule has 7 nitrogen and oxygen atoms in total. The Morgan fingerprint density at radius 3 is 1.97 bits per heavy atom. The van der Waals surface area contributed by atoms with Crippen molar-refractivity contribution in [1.29, 1.82) is 0 Å². The summed E-state index contributed by atoms with van der Waals surface area (Å²) < 4.78 is 21.5. The molecule has 0 spiro atoms. The van der Waals surface area contributed by atoms with Gasteiger partial charge in [-0.05, 0) is 89.3 Å². The Bertz CT molecular complexity index is 970. The van der Waals surface area contributed by atoms with Crippen molar-refractivity contribution in [2.24, 2.45) is 0 Å². The van der Waals surface area contributed by atoms with E-state index in [1.165, 1.54) is 11.1 Å². The lowest BCUT2D eigenvalue weighted by molar-refractivity contribution is -0.144. The molecule has 216 valence electrons. The van der Waals surface area contributed by atoms with Gasteiger partial charge in [0.1, 0.15) is 12.4 Å². The van der Waals surface area contributed by atoms with E-state index in [0.717, 1.165) is 31.2 Å². The van der Waals surface area contributed by atoms with Crippen LogP contribution in [-0.2, 0) is 43.0 Å². The third-order valence-electron chi connectivity index (χ3n) is 6.40. The lowest BCUT2D eigenvalue weighted by Gasteiger charge is -2.35. The van der Waals surface area contributed by atoms with Crippen LogP contribution in [-0.4, -0.2) is 50.3 Å². The quantitative estimate of drug-likeness (QED) is 0.142. The fourth-order valence-electron chi connectivity index (χ4n) is 4.40. The zero-order valence-electron chi connectivity index (χ0n) is 24.4. The Labute approximate surface area is 234 Å². The number of carbonyl (C=O) groups is 2. The Balaban J connectivity index is 2.03. The van der Waals surface area contributed by atoms with Gasteiger partial charge < -0.3 is 24.3 Å². The minimum Gasteiger partial charge on any atom is -0.466 e. The molecule has 0 aliphatic carbocycles. The van der Waals surface area contributed by atoms with Gasteiger partial charge in [0, 0.05) is 13.5 Å². The first-order valence-electron chi connectivity index (χ1n) is 14.0. The topological polar surface area (TPSA) is 83.1 Å². The monoisotopic (exact) mass is 541 g/mol. The predicted octanol–water partition coefficient (Wildman–Crippen LogP) is 6.41. The Hall–Kier alpha value is -2.90. The van der Waals surface area contributed by atoms with E-state index in [9.17, 15) is 9.59 Å². The van der Waals surface area contributed by atoms with Gasteiger partial charge in [-0.3, -0.25) is 4.79 Å². The van der Waals surface area contributed by atoms with E-state index in [1.807, 2.05) is 20.8 Å². The normalized spacial score (nSPS) is 12.9. The number of benzene rings is 2. The first-order chi connectivity index (χ1) is 18.6. The minimum absolute atomic E-state index is 0.0795. The van der Waals surface area contributed by atoms with Crippen molar-refractivity contribution >= 4 is 12.1 Å². The predicted molar refractivity (Wildman–Crippen MR) is 154 cm³/mol. The summed E-state index contributed by atoms with van der Waals surface area (Å²) in [5, 5.41) is 3.02. The van der Waals surface area contributed by atoms with Crippen molar-refractivity contribution in [2.75, 3.05) is 27.1 Å². The molecule has 39 heavy (non-hydrogen) atoms. The molecule has 1 amide bonds. The molecule has 0 aliphatic rings. The Morgan fingerprint density at radius 2 is 1.41 bits per heavy atom. The molecule has 0 aliphatic heterocycles. The molecule has 0 aromatic heterocycles. The molecule has 1 N–H and O–H groups in total. The van der Waals surface area contributed by atoms with Gasteiger partial charge in [0.15, 0.2) is 0 Å². The Morgan fingerprint density at radius 1 is 0.821 bits per heavy atom. The van der Waals surface area contributed by atoms with Crippen molar-refractivity contribution in [2.45, 2.75) is 90.2 Å². The third-order valence-corrected chi connectivity index (χ3v) is 6.40. The summed E-state index contributed by atoms with van der Waals surface area (Å²) in [6, 6.07) is 19.2. The zero-order valence-corrected chi connectivity index (χ0v) is 24.4. The number of unbranched alkanes of at least 4 members (excludes halogenated alkanes) is 1. The number of ether oxygens (including phenoxy) is 4. The van der Waals surface area contributed by atoms with Gasteiger partial charge in [-0.2, -0.15) is 0 Å². The van der Waals surface area contributed by atoms with Gasteiger partial charge in [-0.1, -0.05) is 54.6 Å². The van der Waals surface area contributed by atoms with E-state index in [2.05, 4.69) is 59.9 Å². The van der Waals surface area contributed by atoms with Crippen molar-refractivity contribution in [1.82, 2.24) is 5.32 Å². The first-order valence-corrected chi connectivity index (χ1v) is 14.0. The van der Waals surface area contributed by atoms with E-state index < -0.39 is 17.2 Å². The van der Waals surface area contributed by atoms with Gasteiger partial charge in [0.05, 0.1) is 18.8 Å². The van der Waals surface area contributed by atoms with E-state index in [1.54, 1.807) is 14.0 Å². The molecule has 0 heterocycles. The van der Waals surface area contributed by atoms with E-state index in [0.29, 0.717) is 25.9 Å². The maximum Gasteiger partial charge on any atom is 0.408 e. The number of esters is 1. The number of rotatable bonds is 17. The molecule has 2 aromatic carbocycles. The number of amides is 1. The average Bonchev–Trinajstić information content (AvgIpc) is 2.89. The number of hydrogen-bond donors (Lipinski definition) is 1. The largest absolute Gasteiger partial charge is 0.466 e. The van der Waals surface area contributed by atoms with Crippen LogP contribution in [0.1, 0.15) is 76.5 Å². The molecular formula is C32H47NO6. The van der Waals surface area contributed by atoms with Gasteiger partial charge in [0.2, 0.25) is 0 Å². The summed E-state index contributed by atoms with van der Waals surface area (Å²) >= 11 is 0. The first kappa shape index (κ1) is 32.3. The number of aryl methyl sites for hydroxylation is 3. The molecule has 2 aromatic rings. The highest BCUT2D eigenvalue weighted by Gasteiger charge is 2.35. The SMILES string of the molecule is CCOC(=O)CCC(CCc1ccc(CCCCc2ccccc2)cc1)(COCOC)NC(=O)OC(C)(C)C. The van der Waals surface area contributed by atoms with E-state index >= 15 is 0 Å².